The van der Waals surface area contributed by atoms with Crippen LogP contribution in [0.25, 0.3) is 17.1 Å². The van der Waals surface area contributed by atoms with Crippen molar-refractivity contribution in [2.24, 2.45) is 0 Å². The van der Waals surface area contributed by atoms with Crippen LogP contribution in [0.4, 0.5) is 0 Å². The summed E-state index contributed by atoms with van der Waals surface area (Å²) < 4.78 is 7.35. The standard InChI is InChI=1S/C23H21N3O2/c1-16-13-14-22(28-16)20-15-21(26(25-20)19-11-7-4-8-12-19)23(27)24-17(2)18-9-5-3-6-10-18/h3-15,17H,1-2H3,(H,24,27). The first-order chi connectivity index (χ1) is 13.6. The third-order valence-corrected chi connectivity index (χ3v) is 4.58. The van der Waals surface area contributed by atoms with Gasteiger partial charge < -0.3 is 9.73 Å². The van der Waals surface area contributed by atoms with Gasteiger partial charge in [0, 0.05) is 6.07 Å². The molecule has 2 aromatic carbocycles. The minimum Gasteiger partial charge on any atom is -0.460 e. The van der Waals surface area contributed by atoms with Crippen molar-refractivity contribution in [3.05, 3.63) is 95.9 Å². The number of hydrogen-bond acceptors (Lipinski definition) is 3. The predicted molar refractivity (Wildman–Crippen MR) is 108 cm³/mol. The van der Waals surface area contributed by atoms with E-state index in [-0.39, 0.29) is 11.9 Å². The van der Waals surface area contributed by atoms with Gasteiger partial charge in [-0.05, 0) is 43.7 Å². The Kier molecular flexibility index (Phi) is 4.81. The normalized spacial score (nSPS) is 11.9. The van der Waals surface area contributed by atoms with Crippen molar-refractivity contribution in [1.29, 1.82) is 0 Å². The third kappa shape index (κ3) is 3.60. The molecule has 0 aliphatic carbocycles. The molecule has 0 aliphatic rings. The summed E-state index contributed by atoms with van der Waals surface area (Å²) in [6.45, 7) is 3.85. The molecule has 0 saturated carbocycles. The molecule has 5 nitrogen and oxygen atoms in total. The first-order valence-corrected chi connectivity index (χ1v) is 9.20. The fourth-order valence-electron chi connectivity index (χ4n) is 3.10. The SMILES string of the molecule is Cc1ccc(-c2cc(C(=O)NC(C)c3ccccc3)n(-c3ccccc3)n2)o1. The highest BCUT2D eigenvalue weighted by molar-refractivity contribution is 5.94. The van der Waals surface area contributed by atoms with Crippen LogP contribution in [0.5, 0.6) is 0 Å². The molecule has 1 amide bonds. The monoisotopic (exact) mass is 371 g/mol. The van der Waals surface area contributed by atoms with Gasteiger partial charge in [0.2, 0.25) is 0 Å². The molecule has 1 unspecified atom stereocenters. The third-order valence-electron chi connectivity index (χ3n) is 4.58. The molecule has 140 valence electrons. The molecular formula is C23H21N3O2. The van der Waals surface area contributed by atoms with Crippen molar-refractivity contribution in [3.63, 3.8) is 0 Å². The van der Waals surface area contributed by atoms with Gasteiger partial charge in [0.25, 0.3) is 5.91 Å². The van der Waals surface area contributed by atoms with Gasteiger partial charge in [-0.2, -0.15) is 5.10 Å². The summed E-state index contributed by atoms with van der Waals surface area (Å²) in [6.07, 6.45) is 0. The molecule has 4 aromatic rings. The van der Waals surface area contributed by atoms with E-state index in [1.807, 2.05) is 86.6 Å². The molecule has 4 rings (SSSR count). The molecule has 2 aromatic heterocycles. The van der Waals surface area contributed by atoms with Gasteiger partial charge in [0.15, 0.2) is 5.76 Å². The van der Waals surface area contributed by atoms with Crippen LogP contribution >= 0.6 is 0 Å². The molecule has 0 bridgehead atoms. The number of furan rings is 1. The summed E-state index contributed by atoms with van der Waals surface area (Å²) in [6, 6.07) is 24.9. The molecule has 1 atom stereocenters. The average Bonchev–Trinajstić information content (AvgIpc) is 3.36. The minimum atomic E-state index is -0.192. The minimum absolute atomic E-state index is 0.123. The van der Waals surface area contributed by atoms with Crippen molar-refractivity contribution >= 4 is 5.91 Å². The molecule has 0 fully saturated rings. The van der Waals surface area contributed by atoms with E-state index in [0.29, 0.717) is 17.1 Å². The summed E-state index contributed by atoms with van der Waals surface area (Å²) in [4.78, 5) is 13.1. The summed E-state index contributed by atoms with van der Waals surface area (Å²) in [5.74, 6) is 1.24. The van der Waals surface area contributed by atoms with Gasteiger partial charge >= 0.3 is 0 Å². The number of amides is 1. The zero-order valence-corrected chi connectivity index (χ0v) is 15.8. The Labute approximate surface area is 163 Å². The van der Waals surface area contributed by atoms with E-state index >= 15 is 0 Å². The largest absolute Gasteiger partial charge is 0.460 e. The van der Waals surface area contributed by atoms with Crippen LogP contribution < -0.4 is 5.32 Å². The van der Waals surface area contributed by atoms with Crippen LogP contribution in [0.3, 0.4) is 0 Å². The molecule has 0 spiro atoms. The smallest absolute Gasteiger partial charge is 0.270 e. The number of para-hydroxylation sites is 1. The van der Waals surface area contributed by atoms with Crippen molar-refractivity contribution in [2.45, 2.75) is 19.9 Å². The highest BCUT2D eigenvalue weighted by Crippen LogP contribution is 2.24. The molecule has 5 heteroatoms. The maximum Gasteiger partial charge on any atom is 0.270 e. The van der Waals surface area contributed by atoms with Crippen molar-refractivity contribution in [3.8, 4) is 17.1 Å². The zero-order valence-electron chi connectivity index (χ0n) is 15.8. The maximum absolute atomic E-state index is 13.1. The van der Waals surface area contributed by atoms with E-state index in [1.54, 1.807) is 10.7 Å². The van der Waals surface area contributed by atoms with Gasteiger partial charge in [-0.25, -0.2) is 4.68 Å². The zero-order chi connectivity index (χ0) is 19.5. The fraction of sp³-hybridized carbons (Fsp3) is 0.130. The first-order valence-electron chi connectivity index (χ1n) is 9.20. The Morgan fingerprint density at radius 3 is 2.32 bits per heavy atom. The maximum atomic E-state index is 13.1. The Bertz CT molecular complexity index is 1080. The van der Waals surface area contributed by atoms with Crippen molar-refractivity contribution in [1.82, 2.24) is 15.1 Å². The van der Waals surface area contributed by atoms with E-state index in [2.05, 4.69) is 10.4 Å². The lowest BCUT2D eigenvalue weighted by molar-refractivity contribution is 0.0932. The quantitative estimate of drug-likeness (QED) is 0.541. The number of nitrogens with one attached hydrogen (secondary N) is 1. The van der Waals surface area contributed by atoms with Crippen LogP contribution in [-0.4, -0.2) is 15.7 Å². The number of benzene rings is 2. The van der Waals surface area contributed by atoms with Gasteiger partial charge in [-0.3, -0.25) is 4.79 Å². The fourth-order valence-corrected chi connectivity index (χ4v) is 3.10. The van der Waals surface area contributed by atoms with Gasteiger partial charge in [-0.15, -0.1) is 0 Å². The van der Waals surface area contributed by atoms with Crippen LogP contribution in [0.15, 0.2) is 83.3 Å². The van der Waals surface area contributed by atoms with Gasteiger partial charge in [0.1, 0.15) is 17.1 Å². The second-order valence-electron chi connectivity index (χ2n) is 6.68. The topological polar surface area (TPSA) is 60.1 Å². The first kappa shape index (κ1) is 17.8. The van der Waals surface area contributed by atoms with E-state index in [4.69, 9.17) is 4.42 Å². The number of aryl methyl sites for hydroxylation is 1. The summed E-state index contributed by atoms with van der Waals surface area (Å²) in [5.41, 5.74) is 2.94. The van der Waals surface area contributed by atoms with E-state index in [1.165, 1.54) is 0 Å². The second-order valence-corrected chi connectivity index (χ2v) is 6.68. The van der Waals surface area contributed by atoms with Gasteiger partial charge in [-0.1, -0.05) is 48.5 Å². The predicted octanol–water partition coefficient (Wildman–Crippen LogP) is 4.93. The molecule has 1 N–H and O–H groups in total. The number of nitrogens with zero attached hydrogens (tertiary/aromatic N) is 2. The van der Waals surface area contributed by atoms with Crippen LogP contribution in [-0.2, 0) is 0 Å². The lowest BCUT2D eigenvalue weighted by Gasteiger charge is -2.15. The lowest BCUT2D eigenvalue weighted by atomic mass is 10.1. The van der Waals surface area contributed by atoms with Crippen molar-refractivity contribution in [2.75, 3.05) is 0 Å². The Hall–Kier alpha value is -3.60. The Balaban J connectivity index is 1.70. The van der Waals surface area contributed by atoms with E-state index < -0.39 is 0 Å². The number of hydrogen-bond donors (Lipinski definition) is 1. The summed E-state index contributed by atoms with van der Waals surface area (Å²) in [5, 5.41) is 7.69. The molecular weight excluding hydrogens is 350 g/mol. The van der Waals surface area contributed by atoms with E-state index in [0.717, 1.165) is 17.0 Å². The molecule has 0 radical (unpaired) electrons. The van der Waals surface area contributed by atoms with Crippen LogP contribution in [0.2, 0.25) is 0 Å². The highest BCUT2D eigenvalue weighted by atomic mass is 16.3. The number of rotatable bonds is 5. The number of carbonyl (C=O) groups excluding carboxylic acids is 1. The summed E-state index contributed by atoms with van der Waals surface area (Å²) in [7, 11) is 0. The average molecular weight is 371 g/mol. The Morgan fingerprint density at radius 2 is 1.68 bits per heavy atom. The summed E-state index contributed by atoms with van der Waals surface area (Å²) >= 11 is 0. The second kappa shape index (κ2) is 7.56. The molecule has 0 aliphatic heterocycles. The van der Waals surface area contributed by atoms with E-state index in [9.17, 15) is 4.79 Å². The Morgan fingerprint density at radius 1 is 1.00 bits per heavy atom. The van der Waals surface area contributed by atoms with Crippen LogP contribution in [0.1, 0.15) is 34.8 Å². The van der Waals surface area contributed by atoms with Gasteiger partial charge in [0.05, 0.1) is 11.7 Å². The molecule has 2 heterocycles. The molecule has 28 heavy (non-hydrogen) atoms. The number of aromatic nitrogens is 2. The highest BCUT2D eigenvalue weighted by Gasteiger charge is 2.20. The van der Waals surface area contributed by atoms with Crippen LogP contribution in [0, 0.1) is 6.92 Å². The lowest BCUT2D eigenvalue weighted by Crippen LogP contribution is -2.28. The number of carbonyl (C=O) groups is 1. The molecule has 0 saturated heterocycles. The van der Waals surface area contributed by atoms with Crippen molar-refractivity contribution < 1.29 is 9.21 Å².